The number of nitrogen functional groups attached to an aromatic ring is 1. The highest BCUT2D eigenvalue weighted by molar-refractivity contribution is 5.59. The molecule has 0 fully saturated rings. The van der Waals surface area contributed by atoms with Crippen LogP contribution in [0.4, 0.5) is 5.69 Å². The summed E-state index contributed by atoms with van der Waals surface area (Å²) in [6, 6.07) is 12.5. The molecule has 0 aromatic heterocycles. The third-order valence-corrected chi connectivity index (χ3v) is 2.77. The summed E-state index contributed by atoms with van der Waals surface area (Å²) in [6.45, 7) is 1.96. The van der Waals surface area contributed by atoms with E-state index >= 15 is 0 Å². The van der Waals surface area contributed by atoms with Crippen molar-refractivity contribution < 1.29 is 10.2 Å². The Kier molecular flexibility index (Phi) is 3.02. The summed E-state index contributed by atoms with van der Waals surface area (Å²) < 4.78 is 0. The standard InChI is InChI=1S/C14H15NO2/c1-9-4-2-5-10(8-9)14(17)11-6-3-7-12(16)13(11)15/h2-8,14,16-17H,15H2,1H3. The fourth-order valence-corrected chi connectivity index (χ4v) is 1.83. The van der Waals surface area contributed by atoms with Gasteiger partial charge in [0.1, 0.15) is 11.9 Å². The molecular weight excluding hydrogens is 214 g/mol. The average Bonchev–Trinajstić information content (AvgIpc) is 2.32. The maximum Gasteiger partial charge on any atom is 0.138 e. The number of hydrogen-bond donors (Lipinski definition) is 3. The lowest BCUT2D eigenvalue weighted by molar-refractivity contribution is 0.220. The van der Waals surface area contributed by atoms with Gasteiger partial charge < -0.3 is 15.9 Å². The molecule has 2 aromatic rings. The smallest absolute Gasteiger partial charge is 0.138 e. The van der Waals surface area contributed by atoms with Gasteiger partial charge in [-0.2, -0.15) is 0 Å². The second kappa shape index (κ2) is 4.47. The number of aryl methyl sites for hydroxylation is 1. The summed E-state index contributed by atoms with van der Waals surface area (Å²) in [5.74, 6) is -0.00537. The molecule has 0 aliphatic heterocycles. The molecule has 0 saturated carbocycles. The molecule has 2 aromatic carbocycles. The predicted molar refractivity (Wildman–Crippen MR) is 67.8 cm³/mol. The molecule has 0 spiro atoms. The second-order valence-electron chi connectivity index (χ2n) is 4.10. The maximum atomic E-state index is 10.2. The van der Waals surface area contributed by atoms with E-state index in [-0.39, 0.29) is 11.4 Å². The lowest BCUT2D eigenvalue weighted by Gasteiger charge is -2.15. The van der Waals surface area contributed by atoms with Gasteiger partial charge in [-0.1, -0.05) is 42.0 Å². The van der Waals surface area contributed by atoms with Crippen molar-refractivity contribution in [3.05, 3.63) is 59.2 Å². The molecule has 2 rings (SSSR count). The van der Waals surface area contributed by atoms with Gasteiger partial charge in [0.15, 0.2) is 0 Å². The minimum Gasteiger partial charge on any atom is -0.506 e. The molecule has 0 bridgehead atoms. The monoisotopic (exact) mass is 229 g/mol. The van der Waals surface area contributed by atoms with Gasteiger partial charge in [-0.05, 0) is 18.6 Å². The van der Waals surface area contributed by atoms with Crippen molar-refractivity contribution in [2.75, 3.05) is 5.73 Å². The highest BCUT2D eigenvalue weighted by Crippen LogP contribution is 2.32. The van der Waals surface area contributed by atoms with Crippen LogP contribution >= 0.6 is 0 Å². The number of aliphatic hydroxyl groups is 1. The third kappa shape index (κ3) is 2.24. The zero-order valence-corrected chi connectivity index (χ0v) is 9.59. The average molecular weight is 229 g/mol. The number of aliphatic hydroxyl groups excluding tert-OH is 1. The molecule has 1 atom stereocenters. The van der Waals surface area contributed by atoms with Crippen molar-refractivity contribution in [3.63, 3.8) is 0 Å². The van der Waals surface area contributed by atoms with E-state index in [1.54, 1.807) is 12.1 Å². The van der Waals surface area contributed by atoms with Crippen LogP contribution in [0.25, 0.3) is 0 Å². The first-order chi connectivity index (χ1) is 8.09. The van der Waals surface area contributed by atoms with Crippen LogP contribution in [0.2, 0.25) is 0 Å². The van der Waals surface area contributed by atoms with E-state index in [1.807, 2.05) is 31.2 Å². The molecule has 0 aliphatic rings. The molecule has 0 heterocycles. The quantitative estimate of drug-likeness (QED) is 0.547. The molecule has 88 valence electrons. The minimum absolute atomic E-state index is 0.00537. The molecule has 3 nitrogen and oxygen atoms in total. The van der Waals surface area contributed by atoms with Crippen molar-refractivity contribution in [1.82, 2.24) is 0 Å². The lowest BCUT2D eigenvalue weighted by Crippen LogP contribution is -2.04. The molecule has 0 saturated heterocycles. The summed E-state index contributed by atoms with van der Waals surface area (Å²) in [7, 11) is 0. The van der Waals surface area contributed by atoms with Crippen LogP contribution < -0.4 is 5.73 Å². The summed E-state index contributed by atoms with van der Waals surface area (Å²) in [6.07, 6.45) is -0.818. The van der Waals surface area contributed by atoms with E-state index in [1.165, 1.54) is 6.07 Å². The number of hydrogen-bond acceptors (Lipinski definition) is 3. The van der Waals surface area contributed by atoms with Gasteiger partial charge in [0.25, 0.3) is 0 Å². The lowest BCUT2D eigenvalue weighted by atomic mass is 9.98. The topological polar surface area (TPSA) is 66.5 Å². The Hall–Kier alpha value is -2.00. The van der Waals surface area contributed by atoms with Gasteiger partial charge in [0.2, 0.25) is 0 Å². The molecule has 4 N–H and O–H groups in total. The summed E-state index contributed by atoms with van der Waals surface area (Å²) in [5.41, 5.74) is 8.33. The summed E-state index contributed by atoms with van der Waals surface area (Å²) in [5, 5.41) is 19.7. The predicted octanol–water partition coefficient (Wildman–Crippen LogP) is 2.36. The highest BCUT2D eigenvalue weighted by Gasteiger charge is 2.15. The van der Waals surface area contributed by atoms with E-state index in [9.17, 15) is 10.2 Å². The van der Waals surface area contributed by atoms with Crippen LogP contribution in [-0.4, -0.2) is 10.2 Å². The number of nitrogens with two attached hydrogens (primary N) is 1. The van der Waals surface area contributed by atoms with Crippen LogP contribution in [-0.2, 0) is 0 Å². The van der Waals surface area contributed by atoms with E-state index in [0.717, 1.165) is 11.1 Å². The van der Waals surface area contributed by atoms with Crippen LogP contribution in [0, 0.1) is 6.92 Å². The number of aromatic hydroxyl groups is 1. The zero-order chi connectivity index (χ0) is 12.4. The molecule has 0 radical (unpaired) electrons. The van der Waals surface area contributed by atoms with Gasteiger partial charge in [-0.15, -0.1) is 0 Å². The molecule has 0 aliphatic carbocycles. The number of para-hydroxylation sites is 1. The van der Waals surface area contributed by atoms with E-state index < -0.39 is 6.10 Å². The largest absolute Gasteiger partial charge is 0.506 e. The SMILES string of the molecule is Cc1cccc(C(O)c2cccc(O)c2N)c1. The maximum absolute atomic E-state index is 10.2. The van der Waals surface area contributed by atoms with Gasteiger partial charge >= 0.3 is 0 Å². The van der Waals surface area contributed by atoms with Crippen molar-refractivity contribution in [2.24, 2.45) is 0 Å². The second-order valence-corrected chi connectivity index (χ2v) is 4.10. The van der Waals surface area contributed by atoms with Crippen molar-refractivity contribution in [3.8, 4) is 5.75 Å². The van der Waals surface area contributed by atoms with E-state index in [4.69, 9.17) is 5.73 Å². The Morgan fingerprint density at radius 1 is 1.12 bits per heavy atom. The first-order valence-electron chi connectivity index (χ1n) is 5.41. The van der Waals surface area contributed by atoms with Crippen LogP contribution in [0.3, 0.4) is 0 Å². The molecule has 0 amide bonds. The Morgan fingerprint density at radius 3 is 2.53 bits per heavy atom. The van der Waals surface area contributed by atoms with Gasteiger partial charge in [-0.25, -0.2) is 0 Å². The molecule has 17 heavy (non-hydrogen) atoms. The number of phenolic OH excluding ortho intramolecular Hbond substituents is 1. The van der Waals surface area contributed by atoms with E-state index in [2.05, 4.69) is 0 Å². The fraction of sp³-hybridized carbons (Fsp3) is 0.143. The number of phenols is 1. The summed E-state index contributed by atoms with van der Waals surface area (Å²) in [4.78, 5) is 0. The number of rotatable bonds is 2. The zero-order valence-electron chi connectivity index (χ0n) is 9.59. The Balaban J connectivity index is 2.44. The van der Waals surface area contributed by atoms with Gasteiger partial charge in [-0.3, -0.25) is 0 Å². The highest BCUT2D eigenvalue weighted by atomic mass is 16.3. The van der Waals surface area contributed by atoms with Gasteiger partial charge in [0, 0.05) is 5.56 Å². The van der Waals surface area contributed by atoms with Crippen LogP contribution in [0.15, 0.2) is 42.5 Å². The van der Waals surface area contributed by atoms with Crippen molar-refractivity contribution >= 4 is 5.69 Å². The normalized spacial score (nSPS) is 12.4. The fourth-order valence-electron chi connectivity index (χ4n) is 1.83. The van der Waals surface area contributed by atoms with Crippen LogP contribution in [0.5, 0.6) is 5.75 Å². The Morgan fingerprint density at radius 2 is 1.82 bits per heavy atom. The number of anilines is 1. The molecule has 1 unspecified atom stereocenters. The van der Waals surface area contributed by atoms with Gasteiger partial charge in [0.05, 0.1) is 5.69 Å². The van der Waals surface area contributed by atoms with Crippen molar-refractivity contribution in [2.45, 2.75) is 13.0 Å². The third-order valence-electron chi connectivity index (χ3n) is 2.77. The Bertz CT molecular complexity index is 537. The first kappa shape index (κ1) is 11.5. The molecule has 3 heteroatoms. The minimum atomic E-state index is -0.818. The molecular formula is C14H15NO2. The summed E-state index contributed by atoms with van der Waals surface area (Å²) >= 11 is 0. The number of benzene rings is 2. The first-order valence-corrected chi connectivity index (χ1v) is 5.41. The Labute approximate surface area is 100 Å². The van der Waals surface area contributed by atoms with E-state index in [0.29, 0.717) is 5.56 Å². The van der Waals surface area contributed by atoms with Crippen molar-refractivity contribution in [1.29, 1.82) is 0 Å². The van der Waals surface area contributed by atoms with Crippen LogP contribution in [0.1, 0.15) is 22.8 Å².